The Labute approximate surface area is 202 Å². The van der Waals surface area contributed by atoms with E-state index < -0.39 is 17.0 Å². The minimum Gasteiger partial charge on any atom is -0.284 e. The first-order valence-electron chi connectivity index (χ1n) is 10.5. The molecule has 1 fully saturated rings. The molecule has 0 unspecified atom stereocenters. The molecule has 1 heterocycles. The summed E-state index contributed by atoms with van der Waals surface area (Å²) in [6, 6.07) is 21.1. The lowest BCUT2D eigenvalue weighted by atomic mass is 9.76. The van der Waals surface area contributed by atoms with Crippen LogP contribution in [0.2, 0.25) is 10.0 Å². The summed E-state index contributed by atoms with van der Waals surface area (Å²) in [5, 5.41) is 11.1. The van der Waals surface area contributed by atoms with Gasteiger partial charge >= 0.3 is 0 Å². The SMILES string of the molecule is CC(C)(C#N)C(=C1CN(C(c2ccc(Cl)cc2)c2ccc(Cl)cc2)C1)c1cc(F)cc(F)c1. The van der Waals surface area contributed by atoms with Gasteiger partial charge in [0, 0.05) is 29.2 Å². The molecule has 1 saturated heterocycles. The van der Waals surface area contributed by atoms with E-state index >= 15 is 0 Å². The van der Waals surface area contributed by atoms with E-state index in [1.807, 2.05) is 48.5 Å². The molecular weight excluding hydrogens is 461 g/mol. The fourth-order valence-electron chi connectivity index (χ4n) is 4.45. The molecule has 2 nitrogen and oxygen atoms in total. The Morgan fingerprint density at radius 2 is 1.33 bits per heavy atom. The predicted octanol–water partition coefficient (Wildman–Crippen LogP) is 7.68. The Kier molecular flexibility index (Phi) is 6.59. The van der Waals surface area contributed by atoms with Crippen LogP contribution >= 0.6 is 23.2 Å². The Morgan fingerprint density at radius 3 is 1.76 bits per heavy atom. The van der Waals surface area contributed by atoms with Crippen LogP contribution in [-0.2, 0) is 0 Å². The van der Waals surface area contributed by atoms with Gasteiger partial charge in [-0.3, -0.25) is 4.90 Å². The zero-order valence-corrected chi connectivity index (χ0v) is 19.8. The van der Waals surface area contributed by atoms with Crippen molar-refractivity contribution in [2.45, 2.75) is 19.9 Å². The van der Waals surface area contributed by atoms with Crippen molar-refractivity contribution in [3.8, 4) is 6.07 Å². The maximum Gasteiger partial charge on any atom is 0.126 e. The summed E-state index contributed by atoms with van der Waals surface area (Å²) >= 11 is 12.2. The molecule has 0 spiro atoms. The van der Waals surface area contributed by atoms with E-state index in [2.05, 4.69) is 11.0 Å². The molecule has 168 valence electrons. The summed E-state index contributed by atoms with van der Waals surface area (Å²) in [7, 11) is 0. The molecule has 0 N–H and O–H groups in total. The summed E-state index contributed by atoms with van der Waals surface area (Å²) in [4.78, 5) is 2.25. The first-order chi connectivity index (χ1) is 15.7. The van der Waals surface area contributed by atoms with E-state index in [-0.39, 0.29) is 6.04 Å². The van der Waals surface area contributed by atoms with Crippen molar-refractivity contribution in [2.75, 3.05) is 13.1 Å². The number of likely N-dealkylation sites (tertiary alicyclic amines) is 1. The van der Waals surface area contributed by atoms with E-state index in [4.69, 9.17) is 23.2 Å². The molecule has 3 aromatic carbocycles. The van der Waals surface area contributed by atoms with Crippen LogP contribution in [0, 0.1) is 28.4 Å². The van der Waals surface area contributed by atoms with E-state index in [9.17, 15) is 14.0 Å². The van der Waals surface area contributed by atoms with E-state index in [0.717, 1.165) is 22.8 Å². The van der Waals surface area contributed by atoms with Crippen molar-refractivity contribution < 1.29 is 8.78 Å². The van der Waals surface area contributed by atoms with Gasteiger partial charge in [0.15, 0.2) is 0 Å². The highest BCUT2D eigenvalue weighted by molar-refractivity contribution is 6.30. The van der Waals surface area contributed by atoms with E-state index in [1.54, 1.807) is 13.8 Å². The third-order valence-electron chi connectivity index (χ3n) is 5.93. The second kappa shape index (κ2) is 9.27. The molecule has 0 aliphatic carbocycles. The van der Waals surface area contributed by atoms with Crippen LogP contribution in [0.15, 0.2) is 72.3 Å². The average Bonchev–Trinajstić information content (AvgIpc) is 2.73. The van der Waals surface area contributed by atoms with Crippen LogP contribution in [0.4, 0.5) is 8.78 Å². The predicted molar refractivity (Wildman–Crippen MR) is 129 cm³/mol. The summed E-state index contributed by atoms with van der Waals surface area (Å²) in [6.45, 7) is 4.68. The highest BCUT2D eigenvalue weighted by Gasteiger charge is 2.36. The van der Waals surface area contributed by atoms with Crippen molar-refractivity contribution in [3.05, 3.63) is 111 Å². The first-order valence-corrected chi connectivity index (χ1v) is 11.3. The second-order valence-corrected chi connectivity index (χ2v) is 9.66. The van der Waals surface area contributed by atoms with Crippen molar-refractivity contribution in [2.24, 2.45) is 5.41 Å². The fraction of sp³-hybridized carbons (Fsp3) is 0.222. The summed E-state index contributed by atoms with van der Waals surface area (Å²) in [6.07, 6.45) is 0. The lowest BCUT2D eigenvalue weighted by Gasteiger charge is -2.43. The maximum atomic E-state index is 14.0. The molecule has 0 amide bonds. The van der Waals surface area contributed by atoms with Crippen molar-refractivity contribution in [3.63, 3.8) is 0 Å². The second-order valence-electron chi connectivity index (χ2n) is 8.78. The van der Waals surface area contributed by atoms with Crippen molar-refractivity contribution in [1.29, 1.82) is 5.26 Å². The lowest BCUT2D eigenvalue weighted by molar-refractivity contribution is 0.201. The monoisotopic (exact) mass is 482 g/mol. The number of hydrogen-bond acceptors (Lipinski definition) is 2. The first kappa shape index (κ1) is 23.4. The van der Waals surface area contributed by atoms with Crippen LogP contribution in [0.1, 0.15) is 36.6 Å². The number of nitrogens with zero attached hydrogens (tertiary/aromatic N) is 2. The van der Waals surface area contributed by atoms with Gasteiger partial charge in [-0.15, -0.1) is 0 Å². The molecule has 0 aromatic heterocycles. The number of benzene rings is 3. The lowest BCUT2D eigenvalue weighted by Crippen LogP contribution is -2.44. The fourth-order valence-corrected chi connectivity index (χ4v) is 4.70. The number of halogens is 4. The molecule has 33 heavy (non-hydrogen) atoms. The Bertz CT molecular complexity index is 1170. The Morgan fingerprint density at radius 1 is 0.879 bits per heavy atom. The zero-order chi connectivity index (χ0) is 23.8. The molecular formula is C27H22Cl2F2N2. The molecule has 0 saturated carbocycles. The van der Waals surface area contributed by atoms with Crippen molar-refractivity contribution >= 4 is 28.8 Å². The van der Waals surface area contributed by atoms with Gasteiger partial charge in [0.25, 0.3) is 0 Å². The Balaban J connectivity index is 1.74. The highest BCUT2D eigenvalue weighted by Crippen LogP contribution is 2.43. The average molecular weight is 483 g/mol. The number of rotatable bonds is 5. The number of allylic oxidation sites excluding steroid dienone is 1. The highest BCUT2D eigenvalue weighted by atomic mass is 35.5. The number of nitriles is 1. The van der Waals surface area contributed by atoms with Crippen LogP contribution in [-0.4, -0.2) is 18.0 Å². The van der Waals surface area contributed by atoms with Gasteiger partial charge in [0.05, 0.1) is 17.5 Å². The molecule has 4 rings (SSSR count). The normalized spacial score (nSPS) is 14.2. The molecule has 6 heteroatoms. The third-order valence-corrected chi connectivity index (χ3v) is 6.44. The van der Waals surface area contributed by atoms with Gasteiger partial charge in [0.2, 0.25) is 0 Å². The van der Waals surface area contributed by atoms with Gasteiger partial charge in [0.1, 0.15) is 11.6 Å². The molecule has 1 aliphatic heterocycles. The maximum absolute atomic E-state index is 14.0. The molecule has 1 aliphatic rings. The number of hydrogen-bond donors (Lipinski definition) is 0. The minimum atomic E-state index is -0.905. The van der Waals surface area contributed by atoms with Gasteiger partial charge in [-0.25, -0.2) is 8.78 Å². The van der Waals surface area contributed by atoms with Gasteiger partial charge in [-0.1, -0.05) is 47.5 Å². The topological polar surface area (TPSA) is 27.0 Å². The van der Waals surface area contributed by atoms with Crippen molar-refractivity contribution in [1.82, 2.24) is 4.90 Å². The molecule has 0 bridgehead atoms. The van der Waals surface area contributed by atoms with Crippen LogP contribution in [0.3, 0.4) is 0 Å². The van der Waals surface area contributed by atoms with Gasteiger partial charge in [-0.2, -0.15) is 5.26 Å². The standard InChI is InChI=1S/C27H22Cl2F2N2/c1-27(2,16-32)25(19-11-23(30)13-24(31)12-19)20-14-33(15-20)26(17-3-7-21(28)8-4-17)18-5-9-22(29)10-6-18/h3-13,26H,14-15H2,1-2H3. The summed E-state index contributed by atoms with van der Waals surface area (Å²) < 4.78 is 28.0. The van der Waals surface area contributed by atoms with Crippen LogP contribution in [0.5, 0.6) is 0 Å². The Hall–Kier alpha value is -2.71. The van der Waals surface area contributed by atoms with E-state index in [1.165, 1.54) is 12.1 Å². The molecule has 0 atom stereocenters. The largest absolute Gasteiger partial charge is 0.284 e. The molecule has 0 radical (unpaired) electrons. The summed E-state index contributed by atoms with van der Waals surface area (Å²) in [5.74, 6) is -1.32. The molecule has 3 aromatic rings. The quantitative estimate of drug-likeness (QED) is 0.372. The van der Waals surface area contributed by atoms with Gasteiger partial charge < -0.3 is 0 Å². The summed E-state index contributed by atoms with van der Waals surface area (Å²) in [5.41, 5.74) is 3.29. The van der Waals surface area contributed by atoms with Gasteiger partial charge in [-0.05, 0) is 78.1 Å². The zero-order valence-electron chi connectivity index (χ0n) is 18.2. The minimum absolute atomic E-state index is 0.0565. The third kappa shape index (κ3) is 4.96. The van der Waals surface area contributed by atoms with Crippen LogP contribution < -0.4 is 0 Å². The van der Waals surface area contributed by atoms with Crippen LogP contribution in [0.25, 0.3) is 5.57 Å². The van der Waals surface area contributed by atoms with E-state index in [0.29, 0.717) is 34.3 Å². The smallest absolute Gasteiger partial charge is 0.126 e.